The molecule has 1 fully saturated rings. The number of carbonyl (C=O) groups is 1. The lowest BCUT2D eigenvalue weighted by Gasteiger charge is -2.33. The quantitative estimate of drug-likeness (QED) is 0.878. The van der Waals surface area contributed by atoms with E-state index >= 15 is 0 Å². The van der Waals surface area contributed by atoms with Crippen LogP contribution in [0.4, 0.5) is 5.69 Å². The number of rotatable bonds is 6. The van der Waals surface area contributed by atoms with Gasteiger partial charge in [-0.1, -0.05) is 18.2 Å². The monoisotopic (exact) mass is 340 g/mol. The van der Waals surface area contributed by atoms with Gasteiger partial charge in [0.15, 0.2) is 0 Å². The van der Waals surface area contributed by atoms with Crippen molar-refractivity contribution >= 4 is 11.6 Å². The number of nitrogens with zero attached hydrogens (tertiary/aromatic N) is 3. The lowest BCUT2D eigenvalue weighted by Crippen LogP contribution is -2.46. The Balaban J connectivity index is 1.40. The van der Waals surface area contributed by atoms with Gasteiger partial charge >= 0.3 is 0 Å². The average molecular weight is 340 g/mol. The largest absolute Gasteiger partial charge is 0.373 e. The second-order valence-corrected chi connectivity index (χ2v) is 6.85. The maximum atomic E-state index is 12.3. The molecule has 2 aromatic rings. The Labute approximate surface area is 150 Å². The summed E-state index contributed by atoms with van der Waals surface area (Å²) in [7, 11) is 4.04. The molecule has 2 heterocycles. The minimum absolute atomic E-state index is 0.0368. The SMILES string of the molecule is CN(CCN1CCC(NC(=O)c2cccn2C)CC1)c1ccccc1. The highest BCUT2D eigenvalue weighted by Gasteiger charge is 2.21. The van der Waals surface area contributed by atoms with Gasteiger partial charge in [-0.05, 0) is 37.1 Å². The molecule has 1 aliphatic heterocycles. The molecule has 25 heavy (non-hydrogen) atoms. The van der Waals surface area contributed by atoms with E-state index in [1.54, 1.807) is 0 Å². The number of amides is 1. The van der Waals surface area contributed by atoms with E-state index in [0.717, 1.165) is 44.7 Å². The number of hydrogen-bond acceptors (Lipinski definition) is 3. The number of hydrogen-bond donors (Lipinski definition) is 1. The van der Waals surface area contributed by atoms with E-state index in [4.69, 9.17) is 0 Å². The van der Waals surface area contributed by atoms with Crippen LogP contribution >= 0.6 is 0 Å². The first-order chi connectivity index (χ1) is 12.1. The minimum atomic E-state index is 0.0368. The van der Waals surface area contributed by atoms with Gasteiger partial charge < -0.3 is 19.7 Å². The van der Waals surface area contributed by atoms with Gasteiger partial charge in [-0.15, -0.1) is 0 Å². The molecule has 1 aromatic heterocycles. The molecule has 1 N–H and O–H groups in total. The number of likely N-dealkylation sites (N-methyl/N-ethyl adjacent to an activating group) is 1. The Hall–Kier alpha value is -2.27. The van der Waals surface area contributed by atoms with Crippen molar-refractivity contribution in [1.29, 1.82) is 0 Å². The third-order valence-electron chi connectivity index (χ3n) is 5.05. The molecule has 0 unspecified atom stereocenters. The number of anilines is 1. The predicted molar refractivity (Wildman–Crippen MR) is 102 cm³/mol. The molecule has 0 spiro atoms. The van der Waals surface area contributed by atoms with Gasteiger partial charge in [-0.2, -0.15) is 0 Å². The molecule has 5 nitrogen and oxygen atoms in total. The number of carbonyl (C=O) groups excluding carboxylic acids is 1. The van der Waals surface area contributed by atoms with Crippen molar-refractivity contribution in [2.75, 3.05) is 38.1 Å². The first-order valence-corrected chi connectivity index (χ1v) is 9.04. The van der Waals surface area contributed by atoms with E-state index in [2.05, 4.69) is 46.4 Å². The van der Waals surface area contributed by atoms with Crippen LogP contribution in [0.25, 0.3) is 0 Å². The Morgan fingerprint density at radius 2 is 1.88 bits per heavy atom. The van der Waals surface area contributed by atoms with Gasteiger partial charge in [-0.25, -0.2) is 0 Å². The van der Waals surface area contributed by atoms with Crippen LogP contribution in [0, 0.1) is 0 Å². The summed E-state index contributed by atoms with van der Waals surface area (Å²) in [6, 6.07) is 14.5. The molecule has 1 aromatic carbocycles. The van der Waals surface area contributed by atoms with E-state index in [1.807, 2.05) is 36.0 Å². The number of para-hydroxylation sites is 1. The lowest BCUT2D eigenvalue weighted by molar-refractivity contribution is 0.0904. The average Bonchev–Trinajstić information content (AvgIpc) is 3.08. The highest BCUT2D eigenvalue weighted by atomic mass is 16.2. The molecule has 0 radical (unpaired) electrons. The molecular weight excluding hydrogens is 312 g/mol. The first-order valence-electron chi connectivity index (χ1n) is 9.04. The zero-order chi connectivity index (χ0) is 17.6. The van der Waals surface area contributed by atoms with Crippen molar-refractivity contribution < 1.29 is 4.79 Å². The van der Waals surface area contributed by atoms with Crippen LogP contribution in [-0.4, -0.2) is 54.6 Å². The van der Waals surface area contributed by atoms with Crippen molar-refractivity contribution in [3.8, 4) is 0 Å². The molecule has 0 bridgehead atoms. The minimum Gasteiger partial charge on any atom is -0.373 e. The van der Waals surface area contributed by atoms with E-state index in [9.17, 15) is 4.79 Å². The van der Waals surface area contributed by atoms with Gasteiger partial charge in [0.25, 0.3) is 5.91 Å². The second-order valence-electron chi connectivity index (χ2n) is 6.85. The molecule has 5 heteroatoms. The first kappa shape index (κ1) is 17.5. The highest BCUT2D eigenvalue weighted by molar-refractivity contribution is 5.92. The summed E-state index contributed by atoms with van der Waals surface area (Å²) >= 11 is 0. The zero-order valence-electron chi connectivity index (χ0n) is 15.2. The van der Waals surface area contributed by atoms with Crippen molar-refractivity contribution in [2.24, 2.45) is 7.05 Å². The van der Waals surface area contributed by atoms with E-state index in [1.165, 1.54) is 5.69 Å². The van der Waals surface area contributed by atoms with Gasteiger partial charge in [0.1, 0.15) is 5.69 Å². The molecular formula is C20H28N4O. The summed E-state index contributed by atoms with van der Waals surface area (Å²) in [4.78, 5) is 17.1. The molecule has 3 rings (SSSR count). The van der Waals surface area contributed by atoms with Gasteiger partial charge in [0.05, 0.1) is 0 Å². The Morgan fingerprint density at radius 3 is 2.52 bits per heavy atom. The molecule has 0 saturated carbocycles. The Kier molecular flexibility index (Phi) is 5.76. The molecule has 1 aliphatic rings. The highest BCUT2D eigenvalue weighted by Crippen LogP contribution is 2.14. The predicted octanol–water partition coefficient (Wildman–Crippen LogP) is 2.36. The van der Waals surface area contributed by atoms with Crippen LogP contribution < -0.4 is 10.2 Å². The summed E-state index contributed by atoms with van der Waals surface area (Å²) in [5.74, 6) is 0.0368. The topological polar surface area (TPSA) is 40.5 Å². The van der Waals surface area contributed by atoms with E-state index < -0.39 is 0 Å². The summed E-state index contributed by atoms with van der Waals surface area (Å²) in [6.07, 6.45) is 3.94. The smallest absolute Gasteiger partial charge is 0.268 e. The Morgan fingerprint density at radius 1 is 1.16 bits per heavy atom. The van der Waals surface area contributed by atoms with Gasteiger partial charge in [0.2, 0.25) is 0 Å². The fraction of sp³-hybridized carbons (Fsp3) is 0.450. The summed E-state index contributed by atoms with van der Waals surface area (Å²) in [6.45, 7) is 4.16. The fourth-order valence-electron chi connectivity index (χ4n) is 3.36. The molecule has 134 valence electrons. The number of aryl methyl sites for hydroxylation is 1. The van der Waals surface area contributed by atoms with Crippen LogP contribution in [0.15, 0.2) is 48.7 Å². The van der Waals surface area contributed by atoms with Crippen molar-refractivity contribution in [3.05, 3.63) is 54.4 Å². The maximum absolute atomic E-state index is 12.3. The third kappa shape index (κ3) is 4.63. The molecule has 0 atom stereocenters. The lowest BCUT2D eigenvalue weighted by atomic mass is 10.0. The van der Waals surface area contributed by atoms with Crippen LogP contribution in [-0.2, 0) is 7.05 Å². The molecule has 0 aliphatic carbocycles. The van der Waals surface area contributed by atoms with Crippen LogP contribution in [0.2, 0.25) is 0 Å². The van der Waals surface area contributed by atoms with Crippen LogP contribution in [0.1, 0.15) is 23.3 Å². The number of benzene rings is 1. The zero-order valence-corrected chi connectivity index (χ0v) is 15.2. The normalized spacial score (nSPS) is 15.9. The van der Waals surface area contributed by atoms with Crippen molar-refractivity contribution in [3.63, 3.8) is 0 Å². The second kappa shape index (κ2) is 8.21. The van der Waals surface area contributed by atoms with Gasteiger partial charge in [-0.3, -0.25) is 4.79 Å². The standard InChI is InChI=1S/C20H28N4O/c1-22(18-7-4-3-5-8-18)15-16-24-13-10-17(11-14-24)21-20(25)19-9-6-12-23(19)2/h3-9,12,17H,10-11,13-16H2,1-2H3,(H,21,25). The third-order valence-corrected chi connectivity index (χ3v) is 5.05. The summed E-state index contributed by atoms with van der Waals surface area (Å²) in [5.41, 5.74) is 1.99. The summed E-state index contributed by atoms with van der Waals surface area (Å²) < 4.78 is 1.86. The van der Waals surface area contributed by atoms with E-state index in [0.29, 0.717) is 0 Å². The van der Waals surface area contributed by atoms with Crippen LogP contribution in [0.3, 0.4) is 0 Å². The Bertz CT molecular complexity index is 674. The maximum Gasteiger partial charge on any atom is 0.268 e. The van der Waals surface area contributed by atoms with Crippen molar-refractivity contribution in [2.45, 2.75) is 18.9 Å². The van der Waals surface area contributed by atoms with E-state index in [-0.39, 0.29) is 11.9 Å². The van der Waals surface area contributed by atoms with Gasteiger partial charge in [0, 0.05) is 58.2 Å². The summed E-state index contributed by atoms with van der Waals surface area (Å²) in [5, 5.41) is 3.18. The number of aromatic nitrogens is 1. The molecule has 1 amide bonds. The van der Waals surface area contributed by atoms with Crippen LogP contribution in [0.5, 0.6) is 0 Å². The number of likely N-dealkylation sites (tertiary alicyclic amines) is 1. The number of nitrogens with one attached hydrogen (secondary N) is 1. The number of piperidine rings is 1. The van der Waals surface area contributed by atoms with Crippen molar-refractivity contribution in [1.82, 2.24) is 14.8 Å². The molecule has 1 saturated heterocycles. The fourth-order valence-corrected chi connectivity index (χ4v) is 3.36.